The van der Waals surface area contributed by atoms with Crippen LogP contribution in [-0.4, -0.2) is 0 Å². The Kier molecular flexibility index (Phi) is 5650. The molecule has 0 saturated heterocycles. The molecule has 0 heterocycles. The summed E-state index contributed by atoms with van der Waals surface area (Å²) in [6, 6.07) is 0. The maximum Gasteiger partial charge on any atom is 1.00 e. The summed E-state index contributed by atoms with van der Waals surface area (Å²) >= 11 is 0. The van der Waals surface area contributed by atoms with E-state index in [2.05, 4.69) is 0 Å². The van der Waals surface area contributed by atoms with E-state index in [0.29, 0.717) is 0 Å². The normalized spacial score (nSPS) is 2.00. The molecule has 0 aromatic rings. The Morgan fingerprint density at radius 1 is 0.556 bits per heavy atom. The van der Waals surface area contributed by atoms with Crippen molar-refractivity contribution in [1.29, 1.82) is 0 Å². The summed E-state index contributed by atoms with van der Waals surface area (Å²) in [4.78, 5) is 0. The fraction of sp³-hybridized carbons (Fsp3) is 0.875. The van der Waals surface area contributed by atoms with Crippen LogP contribution in [0.3, 0.4) is 0 Å². The summed E-state index contributed by atoms with van der Waals surface area (Å²) in [5.41, 5.74) is 0. The van der Waals surface area contributed by atoms with Crippen molar-refractivity contribution in [2.75, 3.05) is 0 Å². The van der Waals surface area contributed by atoms with Crippen molar-refractivity contribution in [2.24, 2.45) is 0 Å². The third kappa shape index (κ3) is 725. The second kappa shape index (κ2) is 956. The zero-order chi connectivity index (χ0) is 6.00. The molecule has 0 amide bonds. The Balaban J connectivity index is -0.00000000321. The van der Waals surface area contributed by atoms with Crippen LogP contribution in [0.4, 0.5) is 0 Å². The molecule has 0 fully saturated rings. The van der Waals surface area contributed by atoms with Crippen molar-refractivity contribution >= 4 is 0 Å². The largest absolute Gasteiger partial charge is 1.00 e. The molecule has 0 saturated carbocycles. The minimum absolute atomic E-state index is 0. The predicted molar refractivity (Wildman–Crippen MR) is 47.2 cm³/mol. The number of hydrogen-bond donors (Lipinski definition) is 0. The molecule has 1 heteroatoms. The molecule has 0 nitrogen and oxygen atoms in total. The van der Waals surface area contributed by atoms with E-state index in [1.165, 1.54) is 0 Å². The Labute approximate surface area is 79.0 Å². The van der Waals surface area contributed by atoms with Gasteiger partial charge in [-0.05, 0) is 0 Å². The van der Waals surface area contributed by atoms with Gasteiger partial charge in [-0.3, -0.25) is 0 Å². The topological polar surface area (TPSA) is 0 Å². The molecule has 0 N–H and O–H groups in total. The van der Waals surface area contributed by atoms with Crippen LogP contribution >= 0.6 is 0 Å². The summed E-state index contributed by atoms with van der Waals surface area (Å²) in [5, 5.41) is 0. The monoisotopic (exact) mass is 228 g/mol. The van der Waals surface area contributed by atoms with Crippen LogP contribution in [0.2, 0.25) is 0 Å². The Morgan fingerprint density at radius 3 is 0.556 bits per heavy atom. The standard InChI is InChI=1S/3C2H6.CH4.CH3.Ag/c3*1-2;;;/h3*1-2H3;1H4;1H3;/q;;;;-1;+1. The predicted octanol–water partition coefficient (Wildman–Crippen LogP) is 4.16. The van der Waals surface area contributed by atoms with Crippen molar-refractivity contribution in [3.05, 3.63) is 7.43 Å². The minimum Gasteiger partial charge on any atom is -0.358 e. The molecular formula is C8H25Ag. The first kappa shape index (κ1) is 53.2. The third-order valence-electron chi connectivity index (χ3n) is 0. The second-order valence-electron chi connectivity index (χ2n) is 0. The molecule has 0 aromatic carbocycles. The van der Waals surface area contributed by atoms with Crippen molar-refractivity contribution in [1.82, 2.24) is 0 Å². The van der Waals surface area contributed by atoms with Gasteiger partial charge < -0.3 is 7.43 Å². The fourth-order valence-corrected chi connectivity index (χ4v) is 0. The molecule has 68 valence electrons. The van der Waals surface area contributed by atoms with Gasteiger partial charge in [0.25, 0.3) is 0 Å². The van der Waals surface area contributed by atoms with Crippen molar-refractivity contribution in [2.45, 2.75) is 49.0 Å². The van der Waals surface area contributed by atoms with Crippen LogP contribution in [0.5, 0.6) is 0 Å². The first-order valence-electron chi connectivity index (χ1n) is 3.00. The smallest absolute Gasteiger partial charge is 0.358 e. The van der Waals surface area contributed by atoms with Gasteiger partial charge in [-0.2, -0.15) is 0 Å². The van der Waals surface area contributed by atoms with Gasteiger partial charge in [-0.15, -0.1) is 0 Å². The number of rotatable bonds is 0. The molecule has 0 radical (unpaired) electrons. The van der Waals surface area contributed by atoms with Crippen molar-refractivity contribution in [3.8, 4) is 0 Å². The van der Waals surface area contributed by atoms with Crippen LogP contribution in [0.25, 0.3) is 0 Å². The summed E-state index contributed by atoms with van der Waals surface area (Å²) in [6.45, 7) is 12.0. The second-order valence-corrected chi connectivity index (χ2v) is 0. The molecule has 0 aromatic heterocycles. The Morgan fingerprint density at radius 2 is 0.556 bits per heavy atom. The third-order valence-corrected chi connectivity index (χ3v) is 0. The SMILES string of the molecule is C.CC.CC.CC.[Ag+].[CH3-]. The summed E-state index contributed by atoms with van der Waals surface area (Å²) in [5.74, 6) is 0. The molecule has 0 aliphatic carbocycles. The van der Waals surface area contributed by atoms with Gasteiger partial charge in [0.1, 0.15) is 0 Å². The van der Waals surface area contributed by atoms with E-state index >= 15 is 0 Å². The fourth-order valence-electron chi connectivity index (χ4n) is 0. The van der Waals surface area contributed by atoms with Gasteiger partial charge in [0.2, 0.25) is 0 Å². The maximum atomic E-state index is 2.00. The van der Waals surface area contributed by atoms with E-state index in [-0.39, 0.29) is 37.2 Å². The van der Waals surface area contributed by atoms with Gasteiger partial charge in [0.05, 0.1) is 0 Å². The van der Waals surface area contributed by atoms with E-state index < -0.39 is 0 Å². The van der Waals surface area contributed by atoms with E-state index in [9.17, 15) is 0 Å². The van der Waals surface area contributed by atoms with Crippen molar-refractivity contribution < 1.29 is 22.4 Å². The molecule has 0 rings (SSSR count). The van der Waals surface area contributed by atoms with Crippen LogP contribution < -0.4 is 0 Å². The summed E-state index contributed by atoms with van der Waals surface area (Å²) < 4.78 is 0. The first-order valence-corrected chi connectivity index (χ1v) is 3.00. The van der Waals surface area contributed by atoms with Gasteiger partial charge in [0, 0.05) is 0 Å². The average Bonchev–Trinajstić information content (AvgIpc) is 1.81. The summed E-state index contributed by atoms with van der Waals surface area (Å²) in [7, 11) is 0. The van der Waals surface area contributed by atoms with Crippen molar-refractivity contribution in [3.63, 3.8) is 0 Å². The first-order chi connectivity index (χ1) is 3.00. The van der Waals surface area contributed by atoms with Gasteiger partial charge in [-0.1, -0.05) is 49.0 Å². The van der Waals surface area contributed by atoms with E-state index in [1.807, 2.05) is 41.5 Å². The Bertz CT molecular complexity index is 4.53. The maximum absolute atomic E-state index is 2.00. The molecule has 0 atom stereocenters. The van der Waals surface area contributed by atoms with Crippen LogP contribution in [0, 0.1) is 7.43 Å². The van der Waals surface area contributed by atoms with E-state index in [0.717, 1.165) is 0 Å². The van der Waals surface area contributed by atoms with Crippen LogP contribution in [-0.2, 0) is 22.4 Å². The average molecular weight is 229 g/mol. The van der Waals surface area contributed by atoms with Gasteiger partial charge in [-0.25, -0.2) is 0 Å². The molecule has 9 heavy (non-hydrogen) atoms. The van der Waals surface area contributed by atoms with E-state index in [4.69, 9.17) is 0 Å². The minimum atomic E-state index is 0. The molecule has 0 unspecified atom stereocenters. The molecule has 0 bridgehead atoms. The zero-order valence-electron chi connectivity index (χ0n) is 7.30. The van der Waals surface area contributed by atoms with E-state index in [1.54, 1.807) is 0 Å². The number of hydrogen-bond acceptors (Lipinski definition) is 0. The Hall–Kier alpha value is 0.740. The summed E-state index contributed by atoms with van der Waals surface area (Å²) in [6.07, 6.45) is 0. The quantitative estimate of drug-likeness (QED) is 0.432. The van der Waals surface area contributed by atoms with Gasteiger partial charge in [0.15, 0.2) is 0 Å². The molecule has 0 aliphatic rings. The zero-order valence-corrected chi connectivity index (χ0v) is 8.78. The molecule has 0 aliphatic heterocycles. The molecular weight excluding hydrogens is 204 g/mol. The van der Waals surface area contributed by atoms with Gasteiger partial charge >= 0.3 is 22.4 Å². The van der Waals surface area contributed by atoms with Crippen LogP contribution in [0.15, 0.2) is 0 Å². The molecule has 0 spiro atoms. The van der Waals surface area contributed by atoms with Crippen LogP contribution in [0.1, 0.15) is 49.0 Å².